The van der Waals surface area contributed by atoms with E-state index in [4.69, 9.17) is 4.74 Å². The lowest BCUT2D eigenvalue weighted by Gasteiger charge is -2.34. The van der Waals surface area contributed by atoms with Gasteiger partial charge in [0.2, 0.25) is 0 Å². The lowest BCUT2D eigenvalue weighted by atomic mass is 9.98. The maximum Gasteiger partial charge on any atom is 0.266 e. The number of imidazole rings is 1. The average molecular weight is 405 g/mol. The highest BCUT2D eigenvalue weighted by molar-refractivity contribution is 7.13. The predicted molar refractivity (Wildman–Crippen MR) is 110 cm³/mol. The van der Waals surface area contributed by atoms with Gasteiger partial charge in [0, 0.05) is 37.4 Å². The van der Waals surface area contributed by atoms with Gasteiger partial charge in [-0.05, 0) is 11.5 Å². The van der Waals surface area contributed by atoms with Crippen LogP contribution in [0.4, 0.5) is 0 Å². The Balaban J connectivity index is 1.57. The van der Waals surface area contributed by atoms with Crippen LogP contribution in [0.3, 0.4) is 0 Å². The number of fused-ring (bicyclic) bond motifs is 2. The number of nitrogens with one attached hydrogen (secondary N) is 1. The number of aromatic nitrogens is 4. The first-order chi connectivity index (χ1) is 14.2. The van der Waals surface area contributed by atoms with Gasteiger partial charge in [0.25, 0.3) is 5.91 Å². The molecule has 1 amide bonds. The van der Waals surface area contributed by atoms with Crippen LogP contribution in [0.1, 0.15) is 37.8 Å². The predicted octanol–water partition coefficient (Wildman–Crippen LogP) is 3.35. The van der Waals surface area contributed by atoms with Crippen molar-refractivity contribution < 1.29 is 9.53 Å². The number of methoxy groups -OCH3 is 1. The molecule has 4 aromatic rings. The quantitative estimate of drug-likeness (QED) is 0.563. The number of carbonyl (C=O) groups is 1. The zero-order chi connectivity index (χ0) is 19.8. The average Bonchev–Trinajstić information content (AvgIpc) is 3.42. The number of thiazole rings is 1. The SMILES string of the molecule is COCc1ncc(C(=O)N2CCc3[nH]cnc3[C@H]2c2cc3ccccc3cn2)s1. The second-order valence-electron chi connectivity index (χ2n) is 6.92. The fraction of sp³-hybridized carbons (Fsp3) is 0.238. The molecule has 146 valence electrons. The molecule has 0 fully saturated rings. The molecule has 0 unspecified atom stereocenters. The van der Waals surface area contributed by atoms with Crippen LogP contribution in [0.25, 0.3) is 10.8 Å². The molecule has 0 aliphatic carbocycles. The Morgan fingerprint density at radius 2 is 2.10 bits per heavy atom. The van der Waals surface area contributed by atoms with Crippen molar-refractivity contribution in [1.82, 2.24) is 24.8 Å². The molecule has 1 atom stereocenters. The fourth-order valence-corrected chi connectivity index (χ4v) is 4.63. The Bertz CT molecular complexity index is 1180. The molecule has 1 aliphatic heterocycles. The number of hydrogen-bond donors (Lipinski definition) is 1. The van der Waals surface area contributed by atoms with E-state index in [1.54, 1.807) is 19.6 Å². The molecule has 0 radical (unpaired) electrons. The zero-order valence-corrected chi connectivity index (χ0v) is 16.6. The summed E-state index contributed by atoms with van der Waals surface area (Å²) in [6, 6.07) is 9.80. The number of hydrogen-bond acceptors (Lipinski definition) is 6. The normalized spacial score (nSPS) is 16.2. The highest BCUT2D eigenvalue weighted by Crippen LogP contribution is 2.35. The lowest BCUT2D eigenvalue weighted by Crippen LogP contribution is -2.40. The van der Waals surface area contributed by atoms with E-state index in [9.17, 15) is 4.79 Å². The van der Waals surface area contributed by atoms with Crippen molar-refractivity contribution in [3.05, 3.63) is 76.0 Å². The Labute approximate surface area is 171 Å². The molecule has 29 heavy (non-hydrogen) atoms. The summed E-state index contributed by atoms with van der Waals surface area (Å²) < 4.78 is 5.13. The number of rotatable bonds is 4. The van der Waals surface area contributed by atoms with Crippen molar-refractivity contribution in [3.63, 3.8) is 0 Å². The maximum absolute atomic E-state index is 13.4. The molecule has 0 saturated carbocycles. The van der Waals surface area contributed by atoms with Crippen LogP contribution >= 0.6 is 11.3 Å². The summed E-state index contributed by atoms with van der Waals surface area (Å²) in [5, 5.41) is 2.94. The number of aromatic amines is 1. The smallest absolute Gasteiger partial charge is 0.266 e. The third-order valence-corrected chi connectivity index (χ3v) is 6.11. The molecule has 1 aliphatic rings. The van der Waals surface area contributed by atoms with Crippen molar-refractivity contribution in [1.29, 1.82) is 0 Å². The fourth-order valence-electron chi connectivity index (χ4n) is 3.79. The van der Waals surface area contributed by atoms with Gasteiger partial charge in [-0.25, -0.2) is 9.97 Å². The number of pyridine rings is 1. The first kappa shape index (κ1) is 18.0. The van der Waals surface area contributed by atoms with E-state index in [2.05, 4.69) is 26.0 Å². The lowest BCUT2D eigenvalue weighted by molar-refractivity contribution is 0.0692. The summed E-state index contributed by atoms with van der Waals surface area (Å²) in [7, 11) is 1.62. The highest BCUT2D eigenvalue weighted by Gasteiger charge is 2.36. The minimum absolute atomic E-state index is 0.0570. The third kappa shape index (κ3) is 3.20. The number of benzene rings is 1. The van der Waals surface area contributed by atoms with E-state index in [-0.39, 0.29) is 11.9 Å². The Morgan fingerprint density at radius 3 is 2.97 bits per heavy atom. The highest BCUT2D eigenvalue weighted by atomic mass is 32.1. The number of carbonyl (C=O) groups excluding carboxylic acids is 1. The number of amides is 1. The van der Waals surface area contributed by atoms with Gasteiger partial charge >= 0.3 is 0 Å². The minimum atomic E-state index is -0.338. The van der Waals surface area contributed by atoms with Gasteiger partial charge in [-0.3, -0.25) is 9.78 Å². The van der Waals surface area contributed by atoms with E-state index >= 15 is 0 Å². The summed E-state index contributed by atoms with van der Waals surface area (Å²) in [5.41, 5.74) is 2.72. The van der Waals surface area contributed by atoms with Gasteiger partial charge in [0.05, 0.1) is 30.5 Å². The van der Waals surface area contributed by atoms with Gasteiger partial charge in [-0.1, -0.05) is 24.3 Å². The Morgan fingerprint density at radius 1 is 1.24 bits per heavy atom. The molecule has 1 aromatic carbocycles. The molecule has 5 rings (SSSR count). The minimum Gasteiger partial charge on any atom is -0.378 e. The van der Waals surface area contributed by atoms with E-state index < -0.39 is 0 Å². The van der Waals surface area contributed by atoms with E-state index in [0.717, 1.165) is 39.3 Å². The molecule has 1 N–H and O–H groups in total. The molecular formula is C21H19N5O2S. The van der Waals surface area contributed by atoms with E-state index in [0.29, 0.717) is 18.0 Å². The van der Waals surface area contributed by atoms with Gasteiger partial charge in [0.15, 0.2) is 0 Å². The van der Waals surface area contributed by atoms with Crippen LogP contribution in [0.2, 0.25) is 0 Å². The summed E-state index contributed by atoms with van der Waals surface area (Å²) in [5.74, 6) is -0.0570. The molecule has 0 spiro atoms. The van der Waals surface area contributed by atoms with Crippen LogP contribution in [0, 0.1) is 0 Å². The third-order valence-electron chi connectivity index (χ3n) is 5.15. The second-order valence-corrected chi connectivity index (χ2v) is 8.04. The maximum atomic E-state index is 13.4. The van der Waals surface area contributed by atoms with Gasteiger partial charge in [-0.15, -0.1) is 11.3 Å². The Hall–Kier alpha value is -3.10. The topological polar surface area (TPSA) is 84.0 Å². The van der Waals surface area contributed by atoms with Crippen molar-refractivity contribution in [2.24, 2.45) is 0 Å². The van der Waals surface area contributed by atoms with Gasteiger partial charge in [0.1, 0.15) is 15.9 Å². The van der Waals surface area contributed by atoms with Crippen molar-refractivity contribution in [3.8, 4) is 0 Å². The molecule has 0 bridgehead atoms. The summed E-state index contributed by atoms with van der Waals surface area (Å²) >= 11 is 1.37. The Kier molecular flexibility index (Phi) is 4.57. The van der Waals surface area contributed by atoms with Crippen molar-refractivity contribution >= 4 is 28.0 Å². The number of ether oxygens (including phenoxy) is 1. The number of nitrogens with zero attached hydrogens (tertiary/aromatic N) is 4. The largest absolute Gasteiger partial charge is 0.378 e. The summed E-state index contributed by atoms with van der Waals surface area (Å²) in [4.78, 5) is 32.6. The molecule has 0 saturated heterocycles. The number of H-pyrrole nitrogens is 1. The molecular weight excluding hydrogens is 386 g/mol. The van der Waals surface area contributed by atoms with E-state index in [1.807, 2.05) is 35.4 Å². The summed E-state index contributed by atoms with van der Waals surface area (Å²) in [6.07, 6.45) is 5.91. The van der Waals surface area contributed by atoms with Gasteiger partial charge < -0.3 is 14.6 Å². The first-order valence-electron chi connectivity index (χ1n) is 9.36. The second kappa shape index (κ2) is 7.38. The first-order valence-corrected chi connectivity index (χ1v) is 10.2. The van der Waals surface area contributed by atoms with Crippen LogP contribution in [0.5, 0.6) is 0 Å². The molecule has 7 nitrogen and oxygen atoms in total. The standard InChI is InChI=1S/C21H19N5O2S/c1-28-11-18-23-10-17(29-18)21(27)26-7-6-15-19(25-12-24-15)20(26)16-8-13-4-2-3-5-14(13)9-22-16/h2-5,8-10,12,20H,6-7,11H2,1H3,(H,24,25)/t20-/m1/s1. The summed E-state index contributed by atoms with van der Waals surface area (Å²) in [6.45, 7) is 0.988. The molecule has 8 heteroatoms. The zero-order valence-electron chi connectivity index (χ0n) is 15.8. The van der Waals surface area contributed by atoms with Crippen molar-refractivity contribution in [2.45, 2.75) is 19.1 Å². The van der Waals surface area contributed by atoms with E-state index in [1.165, 1.54) is 11.3 Å². The van der Waals surface area contributed by atoms with Crippen LogP contribution in [-0.4, -0.2) is 44.4 Å². The van der Waals surface area contributed by atoms with Crippen LogP contribution < -0.4 is 0 Å². The van der Waals surface area contributed by atoms with Gasteiger partial charge in [-0.2, -0.15) is 0 Å². The monoisotopic (exact) mass is 405 g/mol. The van der Waals surface area contributed by atoms with Crippen LogP contribution in [0.15, 0.2) is 49.1 Å². The molecule has 3 aromatic heterocycles. The molecule has 4 heterocycles. The van der Waals surface area contributed by atoms with Crippen LogP contribution in [-0.2, 0) is 17.8 Å². The van der Waals surface area contributed by atoms with Crippen molar-refractivity contribution in [2.75, 3.05) is 13.7 Å².